The quantitative estimate of drug-likeness (QED) is 0.284. The lowest BCUT2D eigenvalue weighted by Crippen LogP contribution is -2.21. The zero-order valence-corrected chi connectivity index (χ0v) is 17.6. The summed E-state index contributed by atoms with van der Waals surface area (Å²) in [5, 5.41) is 3.02. The predicted molar refractivity (Wildman–Crippen MR) is 118 cm³/mol. The van der Waals surface area contributed by atoms with E-state index < -0.39 is 0 Å². The monoisotopic (exact) mass is 374 g/mol. The van der Waals surface area contributed by atoms with Crippen LogP contribution in [0, 0.1) is 0 Å². The first-order valence-electron chi connectivity index (χ1n) is 11.3. The average molecular weight is 375 g/mol. The number of rotatable bonds is 18. The number of benzene rings is 1. The number of carbonyl (C=O) groups excluding carboxylic acids is 1. The van der Waals surface area contributed by atoms with E-state index in [1.165, 1.54) is 95.5 Å². The second-order valence-electron chi connectivity index (χ2n) is 7.86. The lowest BCUT2D eigenvalue weighted by molar-refractivity contribution is -0.116. The van der Waals surface area contributed by atoms with Crippen molar-refractivity contribution < 1.29 is 4.79 Å². The Morgan fingerprint density at radius 3 is 1.63 bits per heavy atom. The van der Waals surface area contributed by atoms with Crippen LogP contribution in [0.1, 0.15) is 102 Å². The van der Waals surface area contributed by atoms with Crippen LogP contribution < -0.4 is 11.1 Å². The molecule has 0 fully saturated rings. The van der Waals surface area contributed by atoms with E-state index in [9.17, 15) is 4.79 Å². The number of amides is 1. The van der Waals surface area contributed by atoms with Crippen molar-refractivity contribution in [3.05, 3.63) is 29.8 Å². The summed E-state index contributed by atoms with van der Waals surface area (Å²) in [7, 11) is 0. The van der Waals surface area contributed by atoms with Gasteiger partial charge in [0.15, 0.2) is 0 Å². The van der Waals surface area contributed by atoms with Crippen LogP contribution in [0.3, 0.4) is 0 Å². The summed E-state index contributed by atoms with van der Waals surface area (Å²) < 4.78 is 0. The van der Waals surface area contributed by atoms with Crippen molar-refractivity contribution in [1.29, 1.82) is 0 Å². The maximum atomic E-state index is 10.8. The van der Waals surface area contributed by atoms with Crippen LogP contribution in [-0.4, -0.2) is 12.5 Å². The van der Waals surface area contributed by atoms with Crippen molar-refractivity contribution in [3.63, 3.8) is 0 Å². The average Bonchev–Trinajstić information content (AvgIpc) is 2.67. The first-order valence-corrected chi connectivity index (χ1v) is 11.3. The zero-order valence-electron chi connectivity index (χ0n) is 17.6. The molecule has 0 aromatic heterocycles. The minimum Gasteiger partial charge on any atom is -0.376 e. The van der Waals surface area contributed by atoms with Crippen LogP contribution in [0.5, 0.6) is 0 Å². The fourth-order valence-corrected chi connectivity index (χ4v) is 3.50. The van der Waals surface area contributed by atoms with Gasteiger partial charge < -0.3 is 11.1 Å². The Balaban J connectivity index is 1.88. The van der Waals surface area contributed by atoms with Crippen LogP contribution in [0.15, 0.2) is 24.3 Å². The largest absolute Gasteiger partial charge is 0.376 e. The molecular formula is C24H42N2O. The molecule has 1 rings (SSSR count). The normalized spacial score (nSPS) is 10.9. The van der Waals surface area contributed by atoms with Crippen LogP contribution in [0.25, 0.3) is 0 Å². The molecule has 0 aliphatic carbocycles. The van der Waals surface area contributed by atoms with Crippen LogP contribution in [0.2, 0.25) is 0 Å². The molecule has 0 saturated heterocycles. The zero-order chi connectivity index (χ0) is 19.6. The van der Waals surface area contributed by atoms with E-state index in [0.29, 0.717) is 0 Å². The van der Waals surface area contributed by atoms with Gasteiger partial charge in [0.05, 0.1) is 6.54 Å². The highest BCUT2D eigenvalue weighted by Crippen LogP contribution is 2.15. The molecule has 3 N–H and O–H groups in total. The Bertz CT molecular complexity index is 470. The predicted octanol–water partition coefficient (Wildman–Crippen LogP) is 6.61. The van der Waals surface area contributed by atoms with Gasteiger partial charge in [-0.15, -0.1) is 0 Å². The molecular weight excluding hydrogens is 332 g/mol. The molecule has 0 aliphatic rings. The molecule has 1 amide bonds. The molecule has 0 bridgehead atoms. The summed E-state index contributed by atoms with van der Waals surface area (Å²) in [5.41, 5.74) is 7.47. The standard InChI is InChI=1S/C24H42N2O/c1-2-3-4-5-6-7-8-9-10-11-12-13-14-15-16-22-17-19-23(20-18-22)26-21-24(25)27/h17-20,26H,2-16,21H2,1H3,(H2,25,27). The summed E-state index contributed by atoms with van der Waals surface area (Å²) in [6.07, 6.45) is 20.8. The highest BCUT2D eigenvalue weighted by Gasteiger charge is 1.98. The molecule has 0 aliphatic heterocycles. The van der Waals surface area contributed by atoms with Crippen molar-refractivity contribution in [3.8, 4) is 0 Å². The van der Waals surface area contributed by atoms with Gasteiger partial charge in [-0.3, -0.25) is 4.79 Å². The third-order valence-electron chi connectivity index (χ3n) is 5.24. The van der Waals surface area contributed by atoms with Gasteiger partial charge in [0.2, 0.25) is 5.91 Å². The lowest BCUT2D eigenvalue weighted by atomic mass is 10.0. The highest BCUT2D eigenvalue weighted by atomic mass is 16.1. The maximum Gasteiger partial charge on any atom is 0.236 e. The highest BCUT2D eigenvalue weighted by molar-refractivity contribution is 5.78. The minimum atomic E-state index is -0.332. The van der Waals surface area contributed by atoms with Gasteiger partial charge in [0.1, 0.15) is 0 Å². The smallest absolute Gasteiger partial charge is 0.236 e. The van der Waals surface area contributed by atoms with Gasteiger partial charge in [-0.25, -0.2) is 0 Å². The number of hydrogen-bond donors (Lipinski definition) is 2. The molecule has 154 valence electrons. The third-order valence-corrected chi connectivity index (χ3v) is 5.24. The summed E-state index contributed by atoms with van der Waals surface area (Å²) >= 11 is 0. The number of nitrogens with two attached hydrogens (primary N) is 1. The molecule has 0 atom stereocenters. The van der Waals surface area contributed by atoms with E-state index >= 15 is 0 Å². The summed E-state index contributed by atoms with van der Waals surface area (Å²) in [6.45, 7) is 2.48. The van der Waals surface area contributed by atoms with Crippen LogP contribution >= 0.6 is 0 Å². The van der Waals surface area contributed by atoms with Gasteiger partial charge in [-0.05, 0) is 30.5 Å². The Hall–Kier alpha value is -1.51. The topological polar surface area (TPSA) is 55.1 Å². The summed E-state index contributed by atoms with van der Waals surface area (Å²) in [4.78, 5) is 10.8. The number of hydrogen-bond acceptors (Lipinski definition) is 2. The molecule has 1 aromatic rings. The third kappa shape index (κ3) is 14.2. The first-order chi connectivity index (χ1) is 13.2. The van der Waals surface area contributed by atoms with Crippen LogP contribution in [-0.2, 0) is 11.2 Å². The molecule has 0 radical (unpaired) electrons. The van der Waals surface area contributed by atoms with Crippen molar-refractivity contribution in [2.24, 2.45) is 5.73 Å². The number of primary amides is 1. The molecule has 27 heavy (non-hydrogen) atoms. The van der Waals surface area contributed by atoms with Crippen molar-refractivity contribution >= 4 is 11.6 Å². The number of aryl methyl sites for hydroxylation is 1. The van der Waals surface area contributed by atoms with Gasteiger partial charge in [0, 0.05) is 5.69 Å². The summed E-state index contributed by atoms with van der Waals surface area (Å²) in [6, 6.07) is 8.35. The molecule has 0 heterocycles. The van der Waals surface area contributed by atoms with Gasteiger partial charge >= 0.3 is 0 Å². The molecule has 0 saturated carbocycles. The van der Waals surface area contributed by atoms with E-state index in [1.54, 1.807) is 0 Å². The molecule has 0 unspecified atom stereocenters. The fraction of sp³-hybridized carbons (Fsp3) is 0.708. The minimum absolute atomic E-state index is 0.193. The molecule has 3 nitrogen and oxygen atoms in total. The van der Waals surface area contributed by atoms with Gasteiger partial charge in [0.25, 0.3) is 0 Å². The first kappa shape index (κ1) is 23.5. The van der Waals surface area contributed by atoms with E-state index in [4.69, 9.17) is 5.73 Å². The number of carbonyl (C=O) groups is 1. The SMILES string of the molecule is CCCCCCCCCCCCCCCCc1ccc(NCC(N)=O)cc1. The van der Waals surface area contributed by atoms with Crippen molar-refractivity contribution in [1.82, 2.24) is 0 Å². The van der Waals surface area contributed by atoms with E-state index in [1.807, 2.05) is 12.1 Å². The fourth-order valence-electron chi connectivity index (χ4n) is 3.50. The van der Waals surface area contributed by atoms with Crippen molar-refractivity contribution in [2.45, 2.75) is 103 Å². The molecule has 1 aromatic carbocycles. The molecule has 0 spiro atoms. The van der Waals surface area contributed by atoms with E-state index in [2.05, 4.69) is 24.4 Å². The van der Waals surface area contributed by atoms with Gasteiger partial charge in [-0.1, -0.05) is 103 Å². The second kappa shape index (κ2) is 16.6. The lowest BCUT2D eigenvalue weighted by Gasteiger charge is -2.06. The number of unbranched alkanes of at least 4 members (excludes halogenated alkanes) is 13. The number of anilines is 1. The summed E-state index contributed by atoms with van der Waals surface area (Å²) in [5.74, 6) is -0.332. The Kier molecular flexibility index (Phi) is 14.5. The van der Waals surface area contributed by atoms with Crippen molar-refractivity contribution in [2.75, 3.05) is 11.9 Å². The Morgan fingerprint density at radius 2 is 1.19 bits per heavy atom. The Morgan fingerprint density at radius 1 is 0.741 bits per heavy atom. The van der Waals surface area contributed by atoms with E-state index in [0.717, 1.165) is 12.1 Å². The second-order valence-corrected chi connectivity index (χ2v) is 7.86. The van der Waals surface area contributed by atoms with Gasteiger partial charge in [-0.2, -0.15) is 0 Å². The van der Waals surface area contributed by atoms with E-state index in [-0.39, 0.29) is 12.5 Å². The Labute approximate surface area is 167 Å². The van der Waals surface area contributed by atoms with Crippen LogP contribution in [0.4, 0.5) is 5.69 Å². The number of nitrogens with one attached hydrogen (secondary N) is 1. The maximum absolute atomic E-state index is 10.8. The molecule has 3 heteroatoms.